The largest absolute Gasteiger partial charge is 0.383 e. The van der Waals surface area contributed by atoms with Gasteiger partial charge in [-0.3, -0.25) is 4.79 Å². The molecule has 64 valence electrons. The van der Waals surface area contributed by atoms with Gasteiger partial charge >= 0.3 is 0 Å². The van der Waals surface area contributed by atoms with Gasteiger partial charge in [-0.15, -0.1) is 0 Å². The Morgan fingerprint density at radius 2 is 2.27 bits per heavy atom. The van der Waals surface area contributed by atoms with Crippen molar-refractivity contribution in [2.75, 3.05) is 27.3 Å². The lowest BCUT2D eigenvalue weighted by Crippen LogP contribution is -2.28. The van der Waals surface area contributed by atoms with E-state index in [1.165, 1.54) is 6.08 Å². The first-order valence-corrected chi connectivity index (χ1v) is 3.59. The predicted molar refractivity (Wildman–Crippen MR) is 44.3 cm³/mol. The smallest absolute Gasteiger partial charge is 0.246 e. The zero-order valence-electron chi connectivity index (χ0n) is 7.33. The molecular formula is C8H15NO2. The molecule has 0 atom stereocenters. The number of carbonyl (C=O) groups is 1. The number of hydrogen-bond acceptors (Lipinski definition) is 2. The molecule has 0 aliphatic rings. The maximum absolute atomic E-state index is 11.0. The van der Waals surface area contributed by atoms with Crippen LogP contribution in [0.1, 0.15) is 6.92 Å². The van der Waals surface area contributed by atoms with Crippen LogP contribution in [0.3, 0.4) is 0 Å². The minimum absolute atomic E-state index is 0.0181. The van der Waals surface area contributed by atoms with E-state index in [2.05, 4.69) is 0 Å². The summed E-state index contributed by atoms with van der Waals surface area (Å²) < 4.78 is 4.82. The van der Waals surface area contributed by atoms with E-state index in [4.69, 9.17) is 4.74 Å². The van der Waals surface area contributed by atoms with Crippen molar-refractivity contribution < 1.29 is 9.53 Å². The molecule has 0 N–H and O–H groups in total. The van der Waals surface area contributed by atoms with Gasteiger partial charge in [0.2, 0.25) is 5.91 Å². The Bertz CT molecular complexity index is 143. The zero-order valence-corrected chi connectivity index (χ0v) is 7.33. The molecule has 0 heterocycles. The van der Waals surface area contributed by atoms with Crippen LogP contribution in [0.25, 0.3) is 0 Å². The summed E-state index contributed by atoms with van der Waals surface area (Å²) in [4.78, 5) is 12.6. The van der Waals surface area contributed by atoms with Crippen molar-refractivity contribution >= 4 is 5.91 Å². The third kappa shape index (κ3) is 4.56. The summed E-state index contributed by atoms with van der Waals surface area (Å²) in [6.07, 6.45) is 3.27. The van der Waals surface area contributed by atoms with Crippen LogP contribution in [0.5, 0.6) is 0 Å². The van der Waals surface area contributed by atoms with E-state index in [0.717, 1.165) is 0 Å². The molecule has 0 rings (SSSR count). The lowest BCUT2D eigenvalue weighted by molar-refractivity contribution is -0.125. The predicted octanol–water partition coefficient (Wildman–Crippen LogP) is 0.667. The second-order valence-electron chi connectivity index (χ2n) is 2.25. The first kappa shape index (κ1) is 10.2. The molecule has 0 aromatic rings. The van der Waals surface area contributed by atoms with E-state index >= 15 is 0 Å². The summed E-state index contributed by atoms with van der Waals surface area (Å²) in [5.41, 5.74) is 0. The highest BCUT2D eigenvalue weighted by atomic mass is 16.5. The van der Waals surface area contributed by atoms with Gasteiger partial charge < -0.3 is 9.64 Å². The third-order valence-electron chi connectivity index (χ3n) is 1.32. The van der Waals surface area contributed by atoms with Gasteiger partial charge in [-0.2, -0.15) is 0 Å². The summed E-state index contributed by atoms with van der Waals surface area (Å²) in [6.45, 7) is 3.04. The number of rotatable bonds is 4. The van der Waals surface area contributed by atoms with E-state index in [9.17, 15) is 4.79 Å². The lowest BCUT2D eigenvalue weighted by Gasteiger charge is -2.13. The van der Waals surface area contributed by atoms with Crippen LogP contribution >= 0.6 is 0 Å². The third-order valence-corrected chi connectivity index (χ3v) is 1.32. The van der Waals surface area contributed by atoms with Gasteiger partial charge in [-0.25, -0.2) is 0 Å². The zero-order chi connectivity index (χ0) is 8.69. The van der Waals surface area contributed by atoms with Crippen molar-refractivity contribution in [1.82, 2.24) is 4.90 Å². The summed E-state index contributed by atoms with van der Waals surface area (Å²) in [7, 11) is 3.37. The summed E-state index contributed by atoms with van der Waals surface area (Å²) in [6, 6.07) is 0. The van der Waals surface area contributed by atoms with Gasteiger partial charge in [0.15, 0.2) is 0 Å². The van der Waals surface area contributed by atoms with Crippen molar-refractivity contribution in [2.45, 2.75) is 6.92 Å². The average molecular weight is 157 g/mol. The lowest BCUT2D eigenvalue weighted by atomic mass is 10.4. The van der Waals surface area contributed by atoms with Crippen LogP contribution in [0.15, 0.2) is 12.2 Å². The van der Waals surface area contributed by atoms with Crippen LogP contribution in [0.4, 0.5) is 0 Å². The van der Waals surface area contributed by atoms with E-state index in [-0.39, 0.29) is 5.91 Å². The first-order chi connectivity index (χ1) is 5.22. The van der Waals surface area contributed by atoms with E-state index < -0.39 is 0 Å². The van der Waals surface area contributed by atoms with Gasteiger partial charge in [0.05, 0.1) is 6.61 Å². The fraction of sp³-hybridized carbons (Fsp3) is 0.625. The Morgan fingerprint density at radius 3 is 2.73 bits per heavy atom. The molecule has 0 unspecified atom stereocenters. The highest BCUT2D eigenvalue weighted by molar-refractivity contribution is 5.87. The van der Waals surface area contributed by atoms with Gasteiger partial charge in [0.25, 0.3) is 0 Å². The second-order valence-corrected chi connectivity index (χ2v) is 2.25. The van der Waals surface area contributed by atoms with E-state index in [0.29, 0.717) is 13.2 Å². The average Bonchev–Trinajstić information content (AvgIpc) is 2.00. The molecule has 0 radical (unpaired) electrons. The monoisotopic (exact) mass is 157 g/mol. The highest BCUT2D eigenvalue weighted by Crippen LogP contribution is 1.86. The number of likely N-dealkylation sites (N-methyl/N-ethyl adjacent to an activating group) is 1. The SMILES string of the molecule is CC=CC(=O)N(C)CCOC. The maximum atomic E-state index is 11.0. The number of carbonyl (C=O) groups excluding carboxylic acids is 1. The summed E-state index contributed by atoms with van der Waals surface area (Å²) in [5.74, 6) is 0.0181. The molecule has 0 aromatic carbocycles. The van der Waals surface area contributed by atoms with E-state index in [1.807, 2.05) is 6.92 Å². The summed E-state index contributed by atoms with van der Waals surface area (Å²) in [5, 5.41) is 0. The normalized spacial score (nSPS) is 10.5. The Morgan fingerprint density at radius 1 is 1.64 bits per heavy atom. The standard InChI is InChI=1S/C8H15NO2/c1-4-5-8(10)9(2)6-7-11-3/h4-5H,6-7H2,1-3H3. The van der Waals surface area contributed by atoms with Crippen LogP contribution in [-0.2, 0) is 9.53 Å². The van der Waals surface area contributed by atoms with Crippen molar-refractivity contribution in [3.05, 3.63) is 12.2 Å². The Hall–Kier alpha value is -0.830. The van der Waals surface area contributed by atoms with Crippen molar-refractivity contribution in [3.8, 4) is 0 Å². The molecule has 0 aliphatic carbocycles. The fourth-order valence-electron chi connectivity index (χ4n) is 0.608. The van der Waals surface area contributed by atoms with Crippen molar-refractivity contribution in [1.29, 1.82) is 0 Å². The fourth-order valence-corrected chi connectivity index (χ4v) is 0.608. The quantitative estimate of drug-likeness (QED) is 0.561. The van der Waals surface area contributed by atoms with E-state index in [1.54, 1.807) is 25.1 Å². The molecule has 0 saturated carbocycles. The Balaban J connectivity index is 3.64. The number of hydrogen-bond donors (Lipinski definition) is 0. The first-order valence-electron chi connectivity index (χ1n) is 3.59. The maximum Gasteiger partial charge on any atom is 0.246 e. The van der Waals surface area contributed by atoms with Gasteiger partial charge in [0, 0.05) is 20.7 Å². The number of methoxy groups -OCH3 is 1. The highest BCUT2D eigenvalue weighted by Gasteiger charge is 2.01. The Labute approximate surface area is 67.6 Å². The minimum atomic E-state index is 0.0181. The Kier molecular flexibility index (Phi) is 5.47. The molecule has 0 bridgehead atoms. The number of nitrogens with zero attached hydrogens (tertiary/aromatic N) is 1. The molecule has 0 fully saturated rings. The van der Waals surface area contributed by atoms with Crippen molar-refractivity contribution in [3.63, 3.8) is 0 Å². The molecule has 11 heavy (non-hydrogen) atoms. The van der Waals surface area contributed by atoms with Gasteiger partial charge in [0.1, 0.15) is 0 Å². The second kappa shape index (κ2) is 5.92. The molecule has 1 amide bonds. The molecule has 3 nitrogen and oxygen atoms in total. The molecule has 3 heteroatoms. The van der Waals surface area contributed by atoms with Crippen LogP contribution < -0.4 is 0 Å². The molecule has 0 aromatic heterocycles. The van der Waals surface area contributed by atoms with Crippen LogP contribution in [0.2, 0.25) is 0 Å². The van der Waals surface area contributed by atoms with Gasteiger partial charge in [-0.05, 0) is 13.0 Å². The molecular weight excluding hydrogens is 142 g/mol. The minimum Gasteiger partial charge on any atom is -0.383 e. The van der Waals surface area contributed by atoms with Crippen LogP contribution in [0, 0.1) is 0 Å². The number of amides is 1. The molecule has 0 spiro atoms. The molecule has 0 aliphatic heterocycles. The number of ether oxygens (including phenoxy) is 1. The number of allylic oxidation sites excluding steroid dienone is 1. The summed E-state index contributed by atoms with van der Waals surface area (Å²) >= 11 is 0. The van der Waals surface area contributed by atoms with Crippen LogP contribution in [-0.4, -0.2) is 38.1 Å². The van der Waals surface area contributed by atoms with Gasteiger partial charge in [-0.1, -0.05) is 6.08 Å². The topological polar surface area (TPSA) is 29.5 Å². The van der Waals surface area contributed by atoms with Crippen molar-refractivity contribution in [2.24, 2.45) is 0 Å². The molecule has 0 saturated heterocycles.